The van der Waals surface area contributed by atoms with Crippen LogP contribution in [0.15, 0.2) is 51.7 Å². The molecule has 2 aromatic carbocycles. The zero-order valence-electron chi connectivity index (χ0n) is 14.5. The normalized spacial score (nSPS) is 14.8. The Kier molecular flexibility index (Phi) is 6.75. The maximum Gasteiger partial charge on any atom is 0.573 e. The second-order valence-corrected chi connectivity index (χ2v) is 8.19. The third-order valence-corrected chi connectivity index (χ3v) is 6.03. The lowest BCUT2D eigenvalue weighted by Gasteiger charge is -2.17. The lowest BCUT2D eigenvalue weighted by atomic mass is 10.2. The van der Waals surface area contributed by atoms with Crippen LogP contribution in [0.3, 0.4) is 0 Å². The summed E-state index contributed by atoms with van der Waals surface area (Å²) >= 11 is 4.90. The molecule has 0 spiro atoms. The van der Waals surface area contributed by atoms with Gasteiger partial charge in [-0.2, -0.15) is 3.21 Å². The molecular weight excluding hydrogens is 526 g/mol. The molecule has 1 amide bonds. The first-order valence-electron chi connectivity index (χ1n) is 8.14. The summed E-state index contributed by atoms with van der Waals surface area (Å²) < 4.78 is 51.2. The second-order valence-electron chi connectivity index (χ2n) is 5.72. The van der Waals surface area contributed by atoms with E-state index in [1.54, 1.807) is 24.3 Å². The van der Waals surface area contributed by atoms with Crippen molar-refractivity contribution in [2.75, 3.05) is 6.54 Å². The molecule has 2 aromatic rings. The molecule has 154 valence electrons. The molecule has 1 atom stereocenters. The zero-order valence-corrected chi connectivity index (χ0v) is 17.5. The van der Waals surface area contributed by atoms with Crippen molar-refractivity contribution in [3.8, 4) is 5.75 Å². The van der Waals surface area contributed by atoms with Gasteiger partial charge >= 0.3 is 6.36 Å². The van der Waals surface area contributed by atoms with Crippen molar-refractivity contribution < 1.29 is 27.4 Å². The molecule has 0 saturated heterocycles. The van der Waals surface area contributed by atoms with Crippen LogP contribution in [0.1, 0.15) is 15.9 Å². The van der Waals surface area contributed by atoms with Gasteiger partial charge in [-0.25, -0.2) is 0 Å². The second kappa shape index (κ2) is 9.09. The van der Waals surface area contributed by atoms with Crippen molar-refractivity contribution in [1.29, 1.82) is 0 Å². The number of nitrogens with zero attached hydrogens (tertiary/aromatic N) is 1. The summed E-state index contributed by atoms with van der Waals surface area (Å²) in [7, 11) is 0. The summed E-state index contributed by atoms with van der Waals surface area (Å²) in [5, 5.41) is 3.31. The van der Waals surface area contributed by atoms with Crippen molar-refractivity contribution >= 4 is 48.1 Å². The largest absolute Gasteiger partial charge is 0.573 e. The molecule has 0 radical (unpaired) electrons. The Bertz CT molecular complexity index is 948. The smallest absolute Gasteiger partial charge is 0.433 e. The fraction of sp³-hybridized carbons (Fsp3) is 0.167. The Balaban J connectivity index is 1.62. The predicted octanol–water partition coefficient (Wildman–Crippen LogP) is 3.79. The van der Waals surface area contributed by atoms with Crippen LogP contribution in [-0.2, 0) is 4.74 Å². The summed E-state index contributed by atoms with van der Waals surface area (Å²) in [6, 6.07) is 11.0. The first-order valence-corrected chi connectivity index (χ1v) is 10.6. The number of hydrogen-bond acceptors (Lipinski definition) is 5. The molecule has 1 unspecified atom stereocenters. The number of alkyl halides is 3. The SMILES string of the molecule is NCC(NC(=O)c1ccc(Cl)cc1)C1=IN=C(c2ccc(OC(F)(F)F)cc2)O1. The number of carbonyl (C=O) groups excluding carboxylic acids is 1. The van der Waals surface area contributed by atoms with E-state index in [4.69, 9.17) is 22.1 Å². The van der Waals surface area contributed by atoms with Crippen LogP contribution in [0.2, 0.25) is 5.02 Å². The molecule has 1 aliphatic heterocycles. The number of benzene rings is 2. The Morgan fingerprint density at radius 2 is 1.86 bits per heavy atom. The van der Waals surface area contributed by atoms with Gasteiger partial charge in [-0.15, -0.1) is 13.2 Å². The topological polar surface area (TPSA) is 85.9 Å². The number of hydrogen-bond donors (Lipinski definition) is 2. The van der Waals surface area contributed by atoms with Gasteiger partial charge in [0.25, 0.3) is 5.91 Å². The van der Waals surface area contributed by atoms with Gasteiger partial charge in [0.05, 0.1) is 21.0 Å². The first-order chi connectivity index (χ1) is 13.7. The van der Waals surface area contributed by atoms with Crippen LogP contribution in [0.25, 0.3) is 0 Å². The number of nitrogens with two attached hydrogens (primary N) is 1. The number of halogens is 5. The summed E-state index contributed by atoms with van der Waals surface area (Å²) in [5.74, 6) is -0.404. The maximum atomic E-state index is 12.4. The number of nitrogens with one attached hydrogen (secondary N) is 1. The number of carbonyl (C=O) groups is 1. The highest BCUT2D eigenvalue weighted by atomic mass is 127. The maximum absolute atomic E-state index is 12.4. The van der Waals surface area contributed by atoms with Crippen LogP contribution >= 0.6 is 32.6 Å². The van der Waals surface area contributed by atoms with E-state index in [0.29, 0.717) is 19.8 Å². The quantitative estimate of drug-likeness (QED) is 0.547. The van der Waals surface area contributed by atoms with E-state index in [0.717, 1.165) is 0 Å². The van der Waals surface area contributed by atoms with E-state index >= 15 is 0 Å². The molecule has 11 heteroatoms. The zero-order chi connectivity index (χ0) is 21.0. The Hall–Kier alpha value is -2.18. The molecule has 29 heavy (non-hydrogen) atoms. The van der Waals surface area contributed by atoms with Gasteiger partial charge in [-0.05, 0) is 48.5 Å². The first kappa shape index (κ1) is 21.5. The highest BCUT2D eigenvalue weighted by Crippen LogP contribution is 2.25. The molecule has 3 rings (SSSR count). The Morgan fingerprint density at radius 3 is 2.45 bits per heavy atom. The van der Waals surface area contributed by atoms with Gasteiger partial charge in [0.2, 0.25) is 5.90 Å². The minimum Gasteiger partial charge on any atom is -0.433 e. The van der Waals surface area contributed by atoms with Crippen molar-refractivity contribution in [3.63, 3.8) is 0 Å². The van der Waals surface area contributed by atoms with E-state index in [9.17, 15) is 18.0 Å². The fourth-order valence-corrected chi connectivity index (χ4v) is 4.31. The van der Waals surface area contributed by atoms with Crippen LogP contribution in [0, 0.1) is 0 Å². The van der Waals surface area contributed by atoms with Gasteiger partial charge in [0, 0.05) is 22.7 Å². The third-order valence-electron chi connectivity index (χ3n) is 3.65. The Labute approximate surface area is 178 Å². The highest BCUT2D eigenvalue weighted by Gasteiger charge is 2.31. The Morgan fingerprint density at radius 1 is 1.21 bits per heavy atom. The monoisotopic (exact) mass is 539 g/mol. The lowest BCUT2D eigenvalue weighted by molar-refractivity contribution is -0.274. The van der Waals surface area contributed by atoms with Gasteiger partial charge < -0.3 is 20.5 Å². The summed E-state index contributed by atoms with van der Waals surface area (Å²) in [4.78, 5) is 12.4. The minimum absolute atomic E-state index is 0.107. The van der Waals surface area contributed by atoms with Gasteiger partial charge in [-0.1, -0.05) is 11.6 Å². The van der Waals surface area contributed by atoms with Crippen LogP contribution < -0.4 is 15.8 Å². The average Bonchev–Trinajstić information content (AvgIpc) is 3.15. The predicted molar refractivity (Wildman–Crippen MR) is 112 cm³/mol. The molecular formula is C18H14ClF3IN3O3. The molecule has 6 nitrogen and oxygen atoms in total. The molecule has 0 aliphatic carbocycles. The lowest BCUT2D eigenvalue weighted by Crippen LogP contribution is -2.46. The number of rotatable bonds is 6. The number of amides is 1. The molecule has 0 saturated carbocycles. The van der Waals surface area contributed by atoms with Gasteiger partial charge in [0.15, 0.2) is 3.69 Å². The minimum atomic E-state index is -4.76. The standard InChI is InChI=1S/C18H14ClF3IN3O3/c19-12-5-1-10(2-6-12)16(27)25-14(9-24)15-23-26-17(28-15)11-3-7-13(8-4-11)29-18(20,21)22/h1-8,14H,9,24H2,(H,25,27). The van der Waals surface area contributed by atoms with Crippen molar-refractivity contribution in [1.82, 2.24) is 5.32 Å². The van der Waals surface area contributed by atoms with E-state index in [2.05, 4.69) is 13.3 Å². The molecule has 3 N–H and O–H groups in total. The molecule has 0 fully saturated rings. The van der Waals surface area contributed by atoms with Gasteiger partial charge in [-0.3, -0.25) is 4.79 Å². The van der Waals surface area contributed by atoms with Crippen molar-refractivity contribution in [2.24, 2.45) is 8.94 Å². The summed E-state index contributed by atoms with van der Waals surface area (Å²) in [6.07, 6.45) is -4.76. The van der Waals surface area contributed by atoms with Crippen LogP contribution in [0.5, 0.6) is 5.75 Å². The highest BCUT2D eigenvalue weighted by molar-refractivity contribution is 14.2. The van der Waals surface area contributed by atoms with E-state index < -0.39 is 33.4 Å². The van der Waals surface area contributed by atoms with Gasteiger partial charge in [0.1, 0.15) is 11.8 Å². The molecule has 0 bridgehead atoms. The third kappa shape index (κ3) is 5.90. The van der Waals surface area contributed by atoms with Crippen molar-refractivity contribution in [3.05, 3.63) is 64.7 Å². The average molecular weight is 540 g/mol. The van der Waals surface area contributed by atoms with E-state index in [1.807, 2.05) is 0 Å². The van der Waals surface area contributed by atoms with Crippen LogP contribution in [-0.4, -0.2) is 34.4 Å². The molecule has 1 aliphatic rings. The molecule has 0 aromatic heterocycles. The fourth-order valence-electron chi connectivity index (χ4n) is 2.29. The van der Waals surface area contributed by atoms with Crippen LogP contribution in [0.4, 0.5) is 13.2 Å². The summed E-state index contributed by atoms with van der Waals surface area (Å²) in [6.45, 7) is 0.107. The summed E-state index contributed by atoms with van der Waals surface area (Å²) in [5.41, 5.74) is 6.69. The van der Waals surface area contributed by atoms with E-state index in [-0.39, 0.29) is 24.1 Å². The van der Waals surface area contributed by atoms with E-state index in [1.165, 1.54) is 24.3 Å². The number of ether oxygens (including phenoxy) is 2. The molecule has 1 heterocycles. The van der Waals surface area contributed by atoms with Crippen molar-refractivity contribution in [2.45, 2.75) is 12.4 Å².